The van der Waals surface area contributed by atoms with E-state index >= 15 is 0 Å². The third-order valence-electron chi connectivity index (χ3n) is 3.19. The Bertz CT molecular complexity index is 717. The summed E-state index contributed by atoms with van der Waals surface area (Å²) in [5.74, 6) is 1.44. The highest BCUT2D eigenvalue weighted by molar-refractivity contribution is 6.31. The van der Waals surface area contributed by atoms with Crippen LogP contribution in [0.2, 0.25) is 5.02 Å². The largest absolute Gasteiger partial charge is 0.439 e. The molecule has 2 aromatic rings. The Morgan fingerprint density at radius 1 is 1.19 bits per heavy atom. The lowest BCUT2D eigenvalue weighted by atomic mass is 10.0. The molecule has 1 aromatic heterocycles. The summed E-state index contributed by atoms with van der Waals surface area (Å²) in [5.41, 5.74) is 3.25. The number of aromatic nitrogens is 1. The van der Waals surface area contributed by atoms with Gasteiger partial charge in [-0.3, -0.25) is 0 Å². The van der Waals surface area contributed by atoms with Crippen LogP contribution in [-0.4, -0.2) is 4.98 Å². The third kappa shape index (κ3) is 3.53. The summed E-state index contributed by atoms with van der Waals surface area (Å²) in [6, 6.07) is 9.30. The fourth-order valence-electron chi connectivity index (χ4n) is 2.09. The molecule has 0 radical (unpaired) electrons. The maximum atomic E-state index is 9.01. The van der Waals surface area contributed by atoms with Crippen LogP contribution in [0.15, 0.2) is 24.3 Å². The molecule has 0 aliphatic rings. The van der Waals surface area contributed by atoms with E-state index in [2.05, 4.69) is 24.9 Å². The first-order valence-corrected chi connectivity index (χ1v) is 7.15. The van der Waals surface area contributed by atoms with Crippen LogP contribution in [0.3, 0.4) is 0 Å². The summed E-state index contributed by atoms with van der Waals surface area (Å²) in [6.45, 7) is 7.94. The maximum Gasteiger partial charge on any atom is 0.220 e. The monoisotopic (exact) mass is 300 g/mol. The average Bonchev–Trinajstić information content (AvgIpc) is 2.40. The molecule has 0 atom stereocenters. The van der Waals surface area contributed by atoms with Crippen LogP contribution < -0.4 is 4.74 Å². The van der Waals surface area contributed by atoms with Crippen LogP contribution in [0.1, 0.15) is 42.1 Å². The lowest BCUT2D eigenvalue weighted by molar-refractivity contribution is 0.457. The zero-order chi connectivity index (χ0) is 15.6. The minimum atomic E-state index is 0.306. The number of rotatable bonds is 3. The molecule has 1 heterocycles. The second-order valence-corrected chi connectivity index (χ2v) is 5.75. The molecule has 1 aromatic carbocycles. The van der Waals surface area contributed by atoms with Crippen molar-refractivity contribution in [3.8, 4) is 17.7 Å². The maximum absolute atomic E-state index is 9.01. The number of pyridine rings is 1. The summed E-state index contributed by atoms with van der Waals surface area (Å²) >= 11 is 6.26. The molecule has 0 saturated carbocycles. The van der Waals surface area contributed by atoms with Crippen molar-refractivity contribution >= 4 is 11.6 Å². The molecular formula is C17H17ClN2O. The Hall–Kier alpha value is -2.05. The van der Waals surface area contributed by atoms with Crippen LogP contribution >= 0.6 is 11.6 Å². The van der Waals surface area contributed by atoms with Crippen LogP contribution in [-0.2, 0) is 0 Å². The van der Waals surface area contributed by atoms with Gasteiger partial charge in [0, 0.05) is 16.8 Å². The van der Waals surface area contributed by atoms with Gasteiger partial charge in [0.2, 0.25) is 5.88 Å². The van der Waals surface area contributed by atoms with Gasteiger partial charge in [-0.1, -0.05) is 25.4 Å². The van der Waals surface area contributed by atoms with Crippen molar-refractivity contribution in [3.05, 3.63) is 51.7 Å². The van der Waals surface area contributed by atoms with Gasteiger partial charge >= 0.3 is 0 Å². The van der Waals surface area contributed by atoms with Gasteiger partial charge in [-0.05, 0) is 49.1 Å². The molecule has 21 heavy (non-hydrogen) atoms. The van der Waals surface area contributed by atoms with Crippen molar-refractivity contribution in [1.82, 2.24) is 4.98 Å². The molecule has 0 amide bonds. The molecule has 2 rings (SSSR count). The Morgan fingerprint density at radius 3 is 2.52 bits per heavy atom. The Balaban J connectivity index is 2.42. The number of hydrogen-bond donors (Lipinski definition) is 0. The van der Waals surface area contributed by atoms with E-state index < -0.39 is 0 Å². The van der Waals surface area contributed by atoms with Crippen molar-refractivity contribution in [2.45, 2.75) is 33.6 Å². The molecule has 0 spiro atoms. The number of nitrogens with zero attached hydrogens (tertiary/aromatic N) is 2. The van der Waals surface area contributed by atoms with Crippen molar-refractivity contribution in [3.63, 3.8) is 0 Å². The fourth-order valence-corrected chi connectivity index (χ4v) is 2.52. The van der Waals surface area contributed by atoms with E-state index in [0.717, 1.165) is 21.8 Å². The van der Waals surface area contributed by atoms with E-state index in [0.29, 0.717) is 23.1 Å². The number of halogens is 1. The first kappa shape index (κ1) is 15.3. The van der Waals surface area contributed by atoms with Gasteiger partial charge in [-0.15, -0.1) is 0 Å². The normalized spacial score (nSPS) is 10.5. The highest BCUT2D eigenvalue weighted by Gasteiger charge is 2.12. The number of nitriles is 1. The average molecular weight is 301 g/mol. The summed E-state index contributed by atoms with van der Waals surface area (Å²) in [5, 5.41) is 9.75. The van der Waals surface area contributed by atoms with Gasteiger partial charge in [-0.25, -0.2) is 4.98 Å². The van der Waals surface area contributed by atoms with E-state index in [4.69, 9.17) is 21.6 Å². The van der Waals surface area contributed by atoms with E-state index in [1.54, 1.807) is 12.1 Å². The third-order valence-corrected chi connectivity index (χ3v) is 3.52. The van der Waals surface area contributed by atoms with Gasteiger partial charge in [0.15, 0.2) is 0 Å². The number of benzene rings is 1. The molecule has 4 heteroatoms. The van der Waals surface area contributed by atoms with Gasteiger partial charge in [-0.2, -0.15) is 5.26 Å². The van der Waals surface area contributed by atoms with Crippen LogP contribution in [0.25, 0.3) is 0 Å². The minimum absolute atomic E-state index is 0.306. The number of hydrogen-bond acceptors (Lipinski definition) is 3. The zero-order valence-electron chi connectivity index (χ0n) is 12.6. The van der Waals surface area contributed by atoms with E-state index in [-0.39, 0.29) is 0 Å². The van der Waals surface area contributed by atoms with E-state index in [1.165, 1.54) is 0 Å². The van der Waals surface area contributed by atoms with Crippen molar-refractivity contribution in [2.24, 2.45) is 0 Å². The molecule has 0 unspecified atom stereocenters. The quantitative estimate of drug-likeness (QED) is 0.788. The second kappa shape index (κ2) is 6.15. The molecule has 3 nitrogen and oxygen atoms in total. The molecule has 0 N–H and O–H groups in total. The molecule has 108 valence electrons. The van der Waals surface area contributed by atoms with E-state index in [9.17, 15) is 0 Å². The molecule has 0 fully saturated rings. The van der Waals surface area contributed by atoms with Crippen molar-refractivity contribution in [2.75, 3.05) is 0 Å². The second-order valence-electron chi connectivity index (χ2n) is 5.34. The summed E-state index contributed by atoms with van der Waals surface area (Å²) in [6.07, 6.45) is 0. The van der Waals surface area contributed by atoms with Crippen LogP contribution in [0.5, 0.6) is 11.6 Å². The van der Waals surface area contributed by atoms with E-state index in [1.807, 2.05) is 26.0 Å². The highest BCUT2D eigenvalue weighted by Crippen LogP contribution is 2.33. The summed E-state index contributed by atoms with van der Waals surface area (Å²) < 4.78 is 5.86. The molecular weight excluding hydrogens is 284 g/mol. The Morgan fingerprint density at radius 2 is 1.90 bits per heavy atom. The van der Waals surface area contributed by atoms with Crippen LogP contribution in [0.4, 0.5) is 0 Å². The predicted octanol–water partition coefficient (Wildman–Crippen LogP) is 5.14. The van der Waals surface area contributed by atoms with Crippen molar-refractivity contribution < 1.29 is 4.74 Å². The Kier molecular flexibility index (Phi) is 4.50. The molecule has 0 aliphatic heterocycles. The van der Waals surface area contributed by atoms with Crippen molar-refractivity contribution in [1.29, 1.82) is 5.26 Å². The van der Waals surface area contributed by atoms with Gasteiger partial charge < -0.3 is 4.74 Å². The first-order chi connectivity index (χ1) is 9.90. The lowest BCUT2D eigenvalue weighted by Gasteiger charge is -2.14. The minimum Gasteiger partial charge on any atom is -0.439 e. The Labute approximate surface area is 130 Å². The smallest absolute Gasteiger partial charge is 0.220 e. The van der Waals surface area contributed by atoms with Gasteiger partial charge in [0.05, 0.1) is 11.6 Å². The fraction of sp³-hybridized carbons (Fsp3) is 0.294. The molecule has 0 saturated heterocycles. The zero-order valence-corrected chi connectivity index (χ0v) is 13.3. The van der Waals surface area contributed by atoms with Crippen LogP contribution in [0, 0.1) is 25.2 Å². The van der Waals surface area contributed by atoms with Gasteiger partial charge in [0.1, 0.15) is 5.75 Å². The summed E-state index contributed by atoms with van der Waals surface area (Å²) in [4.78, 5) is 4.31. The topological polar surface area (TPSA) is 45.9 Å². The van der Waals surface area contributed by atoms with Gasteiger partial charge in [0.25, 0.3) is 0 Å². The molecule has 0 bridgehead atoms. The number of ether oxygens (including phenoxy) is 1. The number of aryl methyl sites for hydroxylation is 2. The summed E-state index contributed by atoms with van der Waals surface area (Å²) in [7, 11) is 0. The predicted molar refractivity (Wildman–Crippen MR) is 84.0 cm³/mol. The first-order valence-electron chi connectivity index (χ1n) is 6.77. The standard InChI is InChI=1S/C17H17ClN2O/c1-10(2)14-8-16(11(3)5-15(14)18)21-17-7-13(9-19)6-12(4)20-17/h5-8,10H,1-4H3. The molecule has 0 aliphatic carbocycles. The SMILES string of the molecule is Cc1cc(C#N)cc(Oc2cc(C(C)C)c(Cl)cc2C)n1. The highest BCUT2D eigenvalue weighted by atomic mass is 35.5. The lowest BCUT2D eigenvalue weighted by Crippen LogP contribution is -1.96.